The predicted octanol–water partition coefficient (Wildman–Crippen LogP) is 0.682. The standard InChI is InChI=1S/C7H7BCl2O3/c1-13-5-3-2-4(9)6(7(5)10)8(11)12/h2-3,11-12H,1H3. The second kappa shape index (κ2) is 4.20. The monoisotopic (exact) mass is 220 g/mol. The molecule has 0 aliphatic heterocycles. The fourth-order valence-electron chi connectivity index (χ4n) is 0.944. The molecule has 0 unspecified atom stereocenters. The maximum absolute atomic E-state index is 8.94. The van der Waals surface area contributed by atoms with E-state index in [2.05, 4.69) is 0 Å². The third kappa shape index (κ3) is 2.09. The highest BCUT2D eigenvalue weighted by Gasteiger charge is 2.21. The molecule has 0 radical (unpaired) electrons. The van der Waals surface area contributed by atoms with E-state index in [-0.39, 0.29) is 15.5 Å². The summed E-state index contributed by atoms with van der Waals surface area (Å²) in [6, 6.07) is 3.04. The second-order valence-electron chi connectivity index (χ2n) is 2.35. The quantitative estimate of drug-likeness (QED) is 0.721. The highest BCUT2D eigenvalue weighted by atomic mass is 35.5. The molecule has 0 fully saturated rings. The van der Waals surface area contributed by atoms with Crippen LogP contribution in [0, 0.1) is 0 Å². The highest BCUT2D eigenvalue weighted by Crippen LogP contribution is 2.25. The summed E-state index contributed by atoms with van der Waals surface area (Å²) in [6.07, 6.45) is 0. The van der Waals surface area contributed by atoms with Crippen LogP contribution in [0.15, 0.2) is 12.1 Å². The van der Waals surface area contributed by atoms with Crippen LogP contribution in [0.3, 0.4) is 0 Å². The zero-order chi connectivity index (χ0) is 10.0. The van der Waals surface area contributed by atoms with E-state index in [9.17, 15) is 0 Å². The van der Waals surface area contributed by atoms with Gasteiger partial charge in [0.2, 0.25) is 0 Å². The van der Waals surface area contributed by atoms with Crippen LogP contribution in [-0.2, 0) is 0 Å². The Bertz CT molecular complexity index is 317. The minimum Gasteiger partial charge on any atom is -0.495 e. The summed E-state index contributed by atoms with van der Waals surface area (Å²) in [5, 5.41) is 18.2. The molecule has 0 aliphatic rings. The van der Waals surface area contributed by atoms with Crippen molar-refractivity contribution < 1.29 is 14.8 Å². The summed E-state index contributed by atoms with van der Waals surface area (Å²) in [5.41, 5.74) is 0.0580. The molecule has 0 saturated carbocycles. The molecule has 0 heterocycles. The maximum atomic E-state index is 8.94. The van der Waals surface area contributed by atoms with Gasteiger partial charge in [-0.3, -0.25) is 0 Å². The Morgan fingerprint density at radius 3 is 2.38 bits per heavy atom. The highest BCUT2D eigenvalue weighted by molar-refractivity contribution is 6.66. The smallest absolute Gasteiger partial charge is 0.491 e. The molecular weight excluding hydrogens is 214 g/mol. The van der Waals surface area contributed by atoms with Crippen LogP contribution in [0.4, 0.5) is 0 Å². The van der Waals surface area contributed by atoms with E-state index in [4.69, 9.17) is 38.0 Å². The SMILES string of the molecule is COc1ccc(Cl)c(B(O)O)c1Cl. The molecular formula is C7H7BCl2O3. The summed E-state index contributed by atoms with van der Waals surface area (Å²) >= 11 is 11.5. The fourth-order valence-corrected chi connectivity index (χ4v) is 1.59. The van der Waals surface area contributed by atoms with Gasteiger partial charge in [0, 0.05) is 10.5 Å². The van der Waals surface area contributed by atoms with Gasteiger partial charge in [-0.2, -0.15) is 0 Å². The molecule has 13 heavy (non-hydrogen) atoms. The summed E-state index contributed by atoms with van der Waals surface area (Å²) < 4.78 is 4.88. The van der Waals surface area contributed by atoms with E-state index in [1.54, 1.807) is 6.07 Å². The number of benzene rings is 1. The second-order valence-corrected chi connectivity index (χ2v) is 3.14. The lowest BCUT2D eigenvalue weighted by Crippen LogP contribution is -2.32. The first kappa shape index (κ1) is 10.7. The first-order chi connectivity index (χ1) is 6.07. The molecule has 0 amide bonds. The minimum absolute atomic E-state index is 0.0580. The van der Waals surface area contributed by atoms with Crippen molar-refractivity contribution in [2.45, 2.75) is 0 Å². The van der Waals surface area contributed by atoms with E-state index in [1.807, 2.05) is 0 Å². The van der Waals surface area contributed by atoms with Crippen molar-refractivity contribution in [1.82, 2.24) is 0 Å². The van der Waals surface area contributed by atoms with E-state index in [0.717, 1.165) is 0 Å². The van der Waals surface area contributed by atoms with Crippen molar-refractivity contribution in [2.75, 3.05) is 7.11 Å². The van der Waals surface area contributed by atoms with Gasteiger partial charge in [0.15, 0.2) is 0 Å². The van der Waals surface area contributed by atoms with Crippen molar-refractivity contribution in [3.63, 3.8) is 0 Å². The number of hydrogen-bond acceptors (Lipinski definition) is 3. The molecule has 0 atom stereocenters. The zero-order valence-electron chi connectivity index (χ0n) is 6.79. The largest absolute Gasteiger partial charge is 0.495 e. The van der Waals surface area contributed by atoms with Crippen molar-refractivity contribution in [2.24, 2.45) is 0 Å². The molecule has 0 aromatic heterocycles. The lowest BCUT2D eigenvalue weighted by Gasteiger charge is -2.09. The Hall–Kier alpha value is -0.415. The third-order valence-corrected chi connectivity index (χ3v) is 2.29. The summed E-state index contributed by atoms with van der Waals surface area (Å²) in [6.45, 7) is 0. The Morgan fingerprint density at radius 2 is 1.92 bits per heavy atom. The first-order valence-corrected chi connectivity index (χ1v) is 4.21. The molecule has 1 aromatic rings. The van der Waals surface area contributed by atoms with Crippen molar-refractivity contribution in [3.05, 3.63) is 22.2 Å². The minimum atomic E-state index is -1.70. The van der Waals surface area contributed by atoms with Gasteiger partial charge in [0.25, 0.3) is 0 Å². The third-order valence-electron chi connectivity index (χ3n) is 1.57. The number of hydrogen-bond donors (Lipinski definition) is 2. The Morgan fingerprint density at radius 1 is 1.31 bits per heavy atom. The van der Waals surface area contributed by atoms with E-state index in [1.165, 1.54) is 13.2 Å². The van der Waals surface area contributed by atoms with Crippen LogP contribution in [0.25, 0.3) is 0 Å². The Labute approximate surface area is 86.0 Å². The van der Waals surface area contributed by atoms with Gasteiger partial charge in [-0.1, -0.05) is 23.2 Å². The van der Waals surface area contributed by atoms with Gasteiger partial charge in [0.05, 0.1) is 12.1 Å². The first-order valence-electron chi connectivity index (χ1n) is 3.46. The molecule has 70 valence electrons. The normalized spacial score (nSPS) is 9.92. The molecule has 3 nitrogen and oxygen atoms in total. The van der Waals surface area contributed by atoms with Crippen LogP contribution in [0.2, 0.25) is 10.0 Å². The van der Waals surface area contributed by atoms with E-state index >= 15 is 0 Å². The van der Waals surface area contributed by atoms with E-state index < -0.39 is 7.12 Å². The summed E-state index contributed by atoms with van der Waals surface area (Å²) in [4.78, 5) is 0. The molecule has 6 heteroatoms. The summed E-state index contributed by atoms with van der Waals surface area (Å²) in [7, 11) is -0.266. The van der Waals surface area contributed by atoms with Crippen molar-refractivity contribution >= 4 is 35.8 Å². The molecule has 0 bridgehead atoms. The lowest BCUT2D eigenvalue weighted by molar-refractivity contribution is 0.412. The van der Waals surface area contributed by atoms with Gasteiger partial charge in [-0.05, 0) is 12.1 Å². The average Bonchev–Trinajstić information content (AvgIpc) is 2.04. The van der Waals surface area contributed by atoms with Crippen LogP contribution in [-0.4, -0.2) is 24.3 Å². The molecule has 1 aromatic carbocycles. The topological polar surface area (TPSA) is 49.7 Å². The zero-order valence-corrected chi connectivity index (χ0v) is 8.30. The lowest BCUT2D eigenvalue weighted by atomic mass is 9.80. The average molecular weight is 221 g/mol. The number of methoxy groups -OCH3 is 1. The van der Waals surface area contributed by atoms with Gasteiger partial charge in [-0.25, -0.2) is 0 Å². The van der Waals surface area contributed by atoms with E-state index in [0.29, 0.717) is 5.75 Å². The predicted molar refractivity (Wildman–Crippen MR) is 52.8 cm³/mol. The Kier molecular flexibility index (Phi) is 3.44. The Balaban J connectivity index is 3.30. The molecule has 0 saturated heterocycles. The van der Waals surface area contributed by atoms with Crippen LogP contribution in [0.1, 0.15) is 0 Å². The molecule has 0 aliphatic carbocycles. The number of halogens is 2. The van der Waals surface area contributed by atoms with Gasteiger partial charge < -0.3 is 14.8 Å². The van der Waals surface area contributed by atoms with Crippen molar-refractivity contribution in [3.8, 4) is 5.75 Å². The van der Waals surface area contributed by atoms with Crippen molar-refractivity contribution in [1.29, 1.82) is 0 Å². The maximum Gasteiger partial charge on any atom is 0.491 e. The number of rotatable bonds is 2. The van der Waals surface area contributed by atoms with Gasteiger partial charge in [-0.15, -0.1) is 0 Å². The molecule has 1 rings (SSSR count). The fraction of sp³-hybridized carbons (Fsp3) is 0.143. The molecule has 2 N–H and O–H groups in total. The van der Waals surface area contributed by atoms with Crippen LogP contribution < -0.4 is 10.2 Å². The van der Waals surface area contributed by atoms with Crippen LogP contribution in [0.5, 0.6) is 5.75 Å². The summed E-state index contributed by atoms with van der Waals surface area (Å²) in [5.74, 6) is 0.356. The van der Waals surface area contributed by atoms with Gasteiger partial charge >= 0.3 is 7.12 Å². The van der Waals surface area contributed by atoms with Crippen LogP contribution >= 0.6 is 23.2 Å². The number of ether oxygens (including phenoxy) is 1. The molecule has 0 spiro atoms. The van der Waals surface area contributed by atoms with Gasteiger partial charge in [0.1, 0.15) is 5.75 Å².